The number of hydrogen-bond donors (Lipinski definition) is 0. The largest absolute Gasteiger partial charge is 0.481 e. The number of benzene rings is 1. The van der Waals surface area contributed by atoms with E-state index in [1.807, 2.05) is 0 Å². The first kappa shape index (κ1) is 11.6. The molecule has 0 radical (unpaired) electrons. The zero-order chi connectivity index (χ0) is 11.4. The van der Waals surface area contributed by atoms with E-state index in [-0.39, 0.29) is 16.8 Å². The molecule has 1 aromatic carbocycles. The van der Waals surface area contributed by atoms with Gasteiger partial charge in [0.2, 0.25) is 5.75 Å². The average molecular weight is 276 g/mol. The van der Waals surface area contributed by atoms with Crippen molar-refractivity contribution in [1.82, 2.24) is 0 Å². The molecule has 0 aliphatic heterocycles. The lowest BCUT2D eigenvalue weighted by molar-refractivity contribution is -0.386. The summed E-state index contributed by atoms with van der Waals surface area (Å²) in [4.78, 5) is 9.90. The Balaban J connectivity index is 3.20. The molecule has 6 heteroatoms. The van der Waals surface area contributed by atoms with Crippen LogP contribution >= 0.6 is 15.9 Å². The van der Waals surface area contributed by atoms with Crippen molar-refractivity contribution in [3.63, 3.8) is 0 Å². The number of nitrogens with zero attached hydrogens (tertiary/aromatic N) is 1. The van der Waals surface area contributed by atoms with Crippen LogP contribution in [0.3, 0.4) is 0 Å². The van der Waals surface area contributed by atoms with E-state index in [1.54, 1.807) is 0 Å². The van der Waals surface area contributed by atoms with Gasteiger partial charge in [-0.05, 0) is 6.07 Å². The molecular weight excluding hydrogens is 269 g/mol. The van der Waals surface area contributed by atoms with E-state index in [9.17, 15) is 14.5 Å². The Labute approximate surface area is 93.6 Å². The second-order valence-corrected chi connectivity index (χ2v) is 3.51. The minimum Gasteiger partial charge on any atom is -0.481 e. The molecule has 0 fully saturated rings. The summed E-state index contributed by atoms with van der Waals surface area (Å²) < 4.78 is 18.5. The number of rotatable bonds is 4. The molecule has 0 saturated carbocycles. The number of halogens is 2. The lowest BCUT2D eigenvalue weighted by Gasteiger charge is -2.05. The van der Waals surface area contributed by atoms with E-state index in [0.717, 1.165) is 6.07 Å². The van der Waals surface area contributed by atoms with Crippen LogP contribution in [0.2, 0.25) is 0 Å². The van der Waals surface area contributed by atoms with Gasteiger partial charge in [0, 0.05) is 10.5 Å². The number of ether oxygens (including phenoxy) is 1. The third-order valence-electron chi connectivity index (χ3n) is 1.53. The maximum Gasteiger partial charge on any atom is 0.315 e. The van der Waals surface area contributed by atoms with Crippen LogP contribution in [0.25, 0.3) is 0 Å². The third-order valence-corrected chi connectivity index (χ3v) is 1.99. The number of nitro benzene ring substituents is 1. The Hall–Kier alpha value is -1.43. The van der Waals surface area contributed by atoms with Gasteiger partial charge in [-0.15, -0.1) is 0 Å². The summed E-state index contributed by atoms with van der Waals surface area (Å²) in [6, 6.07) is 2.28. The van der Waals surface area contributed by atoms with Crippen LogP contribution < -0.4 is 4.74 Å². The van der Waals surface area contributed by atoms with Crippen molar-refractivity contribution >= 4 is 21.6 Å². The van der Waals surface area contributed by atoms with Gasteiger partial charge in [0.1, 0.15) is 6.61 Å². The first-order chi connectivity index (χ1) is 7.06. The van der Waals surface area contributed by atoms with Crippen LogP contribution in [0.15, 0.2) is 29.3 Å². The van der Waals surface area contributed by atoms with E-state index in [0.29, 0.717) is 0 Å². The molecular formula is C9H7BrFNO3. The first-order valence-electron chi connectivity index (χ1n) is 3.93. The molecule has 0 aromatic heterocycles. The predicted octanol–water partition coefficient (Wildman–Crippen LogP) is 3.06. The van der Waals surface area contributed by atoms with Crippen LogP contribution in [-0.4, -0.2) is 11.5 Å². The molecule has 0 amide bonds. The van der Waals surface area contributed by atoms with Crippen molar-refractivity contribution in [2.24, 2.45) is 0 Å². The Morgan fingerprint density at radius 2 is 2.33 bits per heavy atom. The molecule has 1 rings (SSSR count). The highest BCUT2D eigenvalue weighted by atomic mass is 79.9. The van der Waals surface area contributed by atoms with Gasteiger partial charge in [-0.3, -0.25) is 10.1 Å². The smallest absolute Gasteiger partial charge is 0.315 e. The summed E-state index contributed by atoms with van der Waals surface area (Å²) in [5, 5.41) is 10.6. The van der Waals surface area contributed by atoms with Gasteiger partial charge in [0.15, 0.2) is 5.82 Å². The van der Waals surface area contributed by atoms with Gasteiger partial charge in [-0.25, -0.2) is 4.39 Å². The molecule has 80 valence electrons. The molecule has 0 saturated heterocycles. The number of nitro groups is 1. The summed E-state index contributed by atoms with van der Waals surface area (Å²) in [7, 11) is 0. The molecule has 0 N–H and O–H groups in total. The lowest BCUT2D eigenvalue weighted by atomic mass is 10.3. The lowest BCUT2D eigenvalue weighted by Crippen LogP contribution is -2.00. The van der Waals surface area contributed by atoms with E-state index in [2.05, 4.69) is 22.5 Å². The molecule has 4 nitrogen and oxygen atoms in total. The quantitative estimate of drug-likeness (QED) is 0.482. The monoisotopic (exact) mass is 275 g/mol. The van der Waals surface area contributed by atoms with Crippen molar-refractivity contribution in [2.45, 2.75) is 0 Å². The zero-order valence-corrected chi connectivity index (χ0v) is 9.16. The fourth-order valence-electron chi connectivity index (χ4n) is 0.968. The zero-order valence-electron chi connectivity index (χ0n) is 7.57. The molecule has 0 atom stereocenters. The second kappa shape index (κ2) is 4.88. The van der Waals surface area contributed by atoms with Gasteiger partial charge < -0.3 is 4.74 Å². The van der Waals surface area contributed by atoms with E-state index in [4.69, 9.17) is 4.74 Å². The standard InChI is InChI=1S/C9H7BrFNO3/c1-2-3-15-9-7(11)4-6(10)5-8(9)12(13)14/h2,4-5H,1,3H2. The van der Waals surface area contributed by atoms with Crippen LogP contribution in [-0.2, 0) is 0 Å². The molecule has 15 heavy (non-hydrogen) atoms. The highest BCUT2D eigenvalue weighted by Gasteiger charge is 2.20. The van der Waals surface area contributed by atoms with Crippen molar-refractivity contribution in [3.8, 4) is 5.75 Å². The van der Waals surface area contributed by atoms with Crippen molar-refractivity contribution in [3.05, 3.63) is 45.2 Å². The van der Waals surface area contributed by atoms with E-state index in [1.165, 1.54) is 12.1 Å². The van der Waals surface area contributed by atoms with Crippen molar-refractivity contribution in [1.29, 1.82) is 0 Å². The van der Waals surface area contributed by atoms with Crippen molar-refractivity contribution in [2.75, 3.05) is 6.61 Å². The first-order valence-corrected chi connectivity index (χ1v) is 4.72. The summed E-state index contributed by atoms with van der Waals surface area (Å²) in [6.45, 7) is 3.38. The Bertz CT molecular complexity index is 409. The summed E-state index contributed by atoms with van der Waals surface area (Å²) in [5.74, 6) is -1.15. The van der Waals surface area contributed by atoms with Crippen LogP contribution in [0.4, 0.5) is 10.1 Å². The minimum absolute atomic E-state index is 0.0133. The molecule has 0 spiro atoms. The Morgan fingerprint density at radius 1 is 1.67 bits per heavy atom. The van der Waals surface area contributed by atoms with Crippen molar-refractivity contribution < 1.29 is 14.1 Å². The molecule has 0 unspecified atom stereocenters. The summed E-state index contributed by atoms with van der Waals surface area (Å²) >= 11 is 2.96. The minimum atomic E-state index is -0.780. The van der Waals surface area contributed by atoms with Gasteiger partial charge >= 0.3 is 5.69 Å². The fraction of sp³-hybridized carbons (Fsp3) is 0.111. The maximum absolute atomic E-state index is 13.3. The Morgan fingerprint density at radius 3 is 2.87 bits per heavy atom. The summed E-state index contributed by atoms with van der Waals surface area (Å²) in [6.07, 6.45) is 1.38. The molecule has 0 aliphatic carbocycles. The molecule has 0 bridgehead atoms. The van der Waals surface area contributed by atoms with E-state index < -0.39 is 16.4 Å². The molecule has 0 aliphatic rings. The third kappa shape index (κ3) is 2.76. The predicted molar refractivity (Wildman–Crippen MR) is 56.4 cm³/mol. The average Bonchev–Trinajstić information content (AvgIpc) is 2.15. The van der Waals surface area contributed by atoms with E-state index >= 15 is 0 Å². The van der Waals surface area contributed by atoms with Crippen LogP contribution in [0.1, 0.15) is 0 Å². The molecule has 1 aromatic rings. The fourth-order valence-corrected chi connectivity index (χ4v) is 1.39. The maximum atomic E-state index is 13.3. The van der Waals surface area contributed by atoms with Gasteiger partial charge in [0.05, 0.1) is 4.92 Å². The Kier molecular flexibility index (Phi) is 3.79. The normalized spacial score (nSPS) is 9.73. The highest BCUT2D eigenvalue weighted by Crippen LogP contribution is 2.33. The summed E-state index contributed by atoms with van der Waals surface area (Å²) in [5.41, 5.74) is -0.413. The van der Waals surface area contributed by atoms with Gasteiger partial charge in [0.25, 0.3) is 0 Å². The van der Waals surface area contributed by atoms with Crippen LogP contribution in [0, 0.1) is 15.9 Å². The van der Waals surface area contributed by atoms with Gasteiger partial charge in [-0.2, -0.15) is 0 Å². The molecule has 0 heterocycles. The van der Waals surface area contributed by atoms with Crippen LogP contribution in [0.5, 0.6) is 5.75 Å². The topological polar surface area (TPSA) is 52.4 Å². The highest BCUT2D eigenvalue weighted by molar-refractivity contribution is 9.10. The second-order valence-electron chi connectivity index (χ2n) is 2.59. The number of hydrogen-bond acceptors (Lipinski definition) is 3. The SMILES string of the molecule is C=CCOc1c(F)cc(Br)cc1[N+](=O)[O-]. The van der Waals surface area contributed by atoms with Gasteiger partial charge in [-0.1, -0.05) is 28.6 Å².